The standard InChI is InChI=1S/C22H17ClN2O5/c23-15-9-7-14(8-10-15)17-12-18(20-6-3-11-29-20)25(24-17)21(27)13-30-22(28)16-4-1-2-5-19(16)26/h1-11,18,26H,12-13H2/t18-/m1/s1. The van der Waals surface area contributed by atoms with Gasteiger partial charge in [0.05, 0.1) is 12.0 Å². The van der Waals surface area contributed by atoms with E-state index in [9.17, 15) is 14.7 Å². The summed E-state index contributed by atoms with van der Waals surface area (Å²) in [5.74, 6) is -0.947. The third-order valence-electron chi connectivity index (χ3n) is 4.67. The fourth-order valence-electron chi connectivity index (χ4n) is 3.18. The summed E-state index contributed by atoms with van der Waals surface area (Å²) in [6, 6.07) is 16.2. The van der Waals surface area contributed by atoms with Gasteiger partial charge in [0.15, 0.2) is 6.61 Å². The van der Waals surface area contributed by atoms with Crippen LogP contribution in [0.3, 0.4) is 0 Å². The van der Waals surface area contributed by atoms with E-state index in [-0.39, 0.29) is 11.3 Å². The van der Waals surface area contributed by atoms with Crippen molar-refractivity contribution in [1.82, 2.24) is 5.01 Å². The zero-order chi connectivity index (χ0) is 21.1. The predicted octanol–water partition coefficient (Wildman–Crippen LogP) is 4.17. The summed E-state index contributed by atoms with van der Waals surface area (Å²) in [7, 11) is 0. The van der Waals surface area contributed by atoms with Crippen LogP contribution in [0.15, 0.2) is 76.4 Å². The maximum Gasteiger partial charge on any atom is 0.342 e. The molecule has 4 rings (SSSR count). The van der Waals surface area contributed by atoms with E-state index in [1.165, 1.54) is 23.4 Å². The van der Waals surface area contributed by atoms with Crippen LogP contribution in [0.4, 0.5) is 0 Å². The Balaban J connectivity index is 1.52. The molecule has 2 aromatic carbocycles. The summed E-state index contributed by atoms with van der Waals surface area (Å²) < 4.78 is 10.6. The van der Waals surface area contributed by atoms with Crippen molar-refractivity contribution >= 4 is 29.2 Å². The number of carbonyl (C=O) groups excluding carboxylic acids is 2. The van der Waals surface area contributed by atoms with Gasteiger partial charge in [-0.2, -0.15) is 5.10 Å². The number of nitrogens with zero attached hydrogens (tertiary/aromatic N) is 2. The number of para-hydroxylation sites is 1. The van der Waals surface area contributed by atoms with E-state index in [4.69, 9.17) is 20.8 Å². The lowest BCUT2D eigenvalue weighted by Crippen LogP contribution is -2.31. The molecule has 0 unspecified atom stereocenters. The van der Waals surface area contributed by atoms with Gasteiger partial charge in [-0.05, 0) is 42.0 Å². The van der Waals surface area contributed by atoms with Crippen LogP contribution in [-0.2, 0) is 9.53 Å². The van der Waals surface area contributed by atoms with Crippen molar-refractivity contribution in [2.75, 3.05) is 6.61 Å². The van der Waals surface area contributed by atoms with Crippen LogP contribution in [0, 0.1) is 0 Å². The number of hydrogen-bond acceptors (Lipinski definition) is 6. The lowest BCUT2D eigenvalue weighted by Gasteiger charge is -2.19. The molecule has 1 amide bonds. The quantitative estimate of drug-likeness (QED) is 0.620. The van der Waals surface area contributed by atoms with E-state index in [0.717, 1.165) is 5.56 Å². The van der Waals surface area contributed by atoms with Crippen LogP contribution >= 0.6 is 11.6 Å². The number of benzene rings is 2. The molecule has 152 valence electrons. The first-order chi connectivity index (χ1) is 14.5. The molecule has 1 aliphatic heterocycles. The molecule has 1 atom stereocenters. The second-order valence-corrected chi connectivity index (χ2v) is 7.06. The molecule has 0 fully saturated rings. The molecule has 0 radical (unpaired) electrons. The molecule has 0 bridgehead atoms. The Morgan fingerprint density at radius 3 is 2.60 bits per heavy atom. The Bertz CT molecular complexity index is 1090. The number of aromatic hydroxyl groups is 1. The van der Waals surface area contributed by atoms with Crippen molar-refractivity contribution in [3.63, 3.8) is 0 Å². The summed E-state index contributed by atoms with van der Waals surface area (Å²) in [6.07, 6.45) is 1.96. The molecule has 1 N–H and O–H groups in total. The van der Waals surface area contributed by atoms with E-state index >= 15 is 0 Å². The highest BCUT2D eigenvalue weighted by Gasteiger charge is 2.35. The smallest absolute Gasteiger partial charge is 0.342 e. The number of esters is 1. The van der Waals surface area contributed by atoms with Crippen molar-refractivity contribution in [2.45, 2.75) is 12.5 Å². The van der Waals surface area contributed by atoms with E-state index in [1.807, 2.05) is 12.1 Å². The number of amides is 1. The van der Waals surface area contributed by atoms with Gasteiger partial charge in [-0.1, -0.05) is 35.9 Å². The molecule has 1 aliphatic rings. The van der Waals surface area contributed by atoms with Crippen LogP contribution in [-0.4, -0.2) is 34.3 Å². The highest BCUT2D eigenvalue weighted by Crippen LogP contribution is 2.33. The molecule has 0 saturated heterocycles. The Hall–Kier alpha value is -3.58. The molecule has 3 aromatic rings. The number of phenolic OH excluding ortho intramolecular Hbond substituents is 1. The van der Waals surface area contributed by atoms with E-state index in [2.05, 4.69) is 5.10 Å². The largest absolute Gasteiger partial charge is 0.507 e. The SMILES string of the molecule is O=C(OCC(=O)N1N=C(c2ccc(Cl)cc2)C[C@@H]1c1ccco1)c1ccccc1O. The van der Waals surface area contributed by atoms with Crippen LogP contribution in [0.2, 0.25) is 5.02 Å². The molecular formula is C22H17ClN2O5. The summed E-state index contributed by atoms with van der Waals surface area (Å²) in [5.41, 5.74) is 1.51. The minimum absolute atomic E-state index is 0.0142. The molecular weight excluding hydrogens is 408 g/mol. The van der Waals surface area contributed by atoms with Crippen molar-refractivity contribution in [2.24, 2.45) is 5.10 Å². The predicted molar refractivity (Wildman–Crippen MR) is 109 cm³/mol. The summed E-state index contributed by atoms with van der Waals surface area (Å²) >= 11 is 5.95. The van der Waals surface area contributed by atoms with Crippen LogP contribution in [0.1, 0.15) is 34.1 Å². The molecule has 1 aromatic heterocycles. The topological polar surface area (TPSA) is 92.3 Å². The van der Waals surface area contributed by atoms with Crippen LogP contribution in [0.25, 0.3) is 0 Å². The third kappa shape index (κ3) is 4.06. The molecule has 2 heterocycles. The summed E-state index contributed by atoms with van der Waals surface area (Å²) in [6.45, 7) is -0.526. The first kappa shape index (κ1) is 19.7. The average molecular weight is 425 g/mol. The molecule has 0 saturated carbocycles. The number of hydrogen-bond donors (Lipinski definition) is 1. The van der Waals surface area contributed by atoms with Gasteiger partial charge in [0.1, 0.15) is 23.1 Å². The number of hydrazone groups is 1. The second-order valence-electron chi connectivity index (χ2n) is 6.62. The summed E-state index contributed by atoms with van der Waals surface area (Å²) in [4.78, 5) is 25.0. The zero-order valence-electron chi connectivity index (χ0n) is 15.7. The Morgan fingerprint density at radius 1 is 1.13 bits per heavy atom. The molecule has 0 aliphatic carbocycles. The lowest BCUT2D eigenvalue weighted by molar-refractivity contribution is -0.136. The zero-order valence-corrected chi connectivity index (χ0v) is 16.5. The second kappa shape index (κ2) is 8.42. The number of halogens is 1. The highest BCUT2D eigenvalue weighted by molar-refractivity contribution is 6.30. The fraction of sp³-hybridized carbons (Fsp3) is 0.136. The van der Waals surface area contributed by atoms with Crippen molar-refractivity contribution < 1.29 is 23.8 Å². The maximum absolute atomic E-state index is 12.8. The van der Waals surface area contributed by atoms with Crippen LogP contribution < -0.4 is 0 Å². The monoisotopic (exact) mass is 424 g/mol. The van der Waals surface area contributed by atoms with Crippen molar-refractivity contribution in [3.05, 3.63) is 88.8 Å². The third-order valence-corrected chi connectivity index (χ3v) is 4.92. The molecule has 30 heavy (non-hydrogen) atoms. The molecule has 0 spiro atoms. The highest BCUT2D eigenvalue weighted by atomic mass is 35.5. The van der Waals surface area contributed by atoms with Gasteiger partial charge in [-0.25, -0.2) is 9.80 Å². The fourth-order valence-corrected chi connectivity index (χ4v) is 3.30. The number of ether oxygens (including phenoxy) is 1. The molecule has 7 nitrogen and oxygen atoms in total. The minimum Gasteiger partial charge on any atom is -0.507 e. The number of rotatable bonds is 5. The average Bonchev–Trinajstić information content (AvgIpc) is 3.42. The van der Waals surface area contributed by atoms with Gasteiger partial charge < -0.3 is 14.3 Å². The number of furan rings is 1. The van der Waals surface area contributed by atoms with Gasteiger partial charge in [0, 0.05) is 11.4 Å². The van der Waals surface area contributed by atoms with E-state index < -0.39 is 24.5 Å². The Morgan fingerprint density at radius 2 is 1.90 bits per heavy atom. The van der Waals surface area contributed by atoms with Crippen LogP contribution in [0.5, 0.6) is 5.75 Å². The molecule has 8 heteroatoms. The Labute approximate surface area is 177 Å². The summed E-state index contributed by atoms with van der Waals surface area (Å²) in [5, 5.41) is 16.1. The van der Waals surface area contributed by atoms with Gasteiger partial charge in [0.25, 0.3) is 5.91 Å². The van der Waals surface area contributed by atoms with Gasteiger partial charge in [0.2, 0.25) is 0 Å². The van der Waals surface area contributed by atoms with Gasteiger partial charge in [-0.15, -0.1) is 0 Å². The maximum atomic E-state index is 12.8. The van der Waals surface area contributed by atoms with Crippen molar-refractivity contribution in [3.8, 4) is 5.75 Å². The van der Waals surface area contributed by atoms with Gasteiger partial charge >= 0.3 is 5.97 Å². The van der Waals surface area contributed by atoms with Crippen molar-refractivity contribution in [1.29, 1.82) is 0 Å². The Kier molecular flexibility index (Phi) is 5.54. The minimum atomic E-state index is -0.794. The normalized spacial score (nSPS) is 15.7. The van der Waals surface area contributed by atoms with E-state index in [0.29, 0.717) is 22.9 Å². The first-order valence-electron chi connectivity index (χ1n) is 9.17. The lowest BCUT2D eigenvalue weighted by atomic mass is 10.0. The number of phenols is 1. The number of carbonyl (C=O) groups is 2. The van der Waals surface area contributed by atoms with E-state index in [1.54, 1.807) is 36.4 Å². The van der Waals surface area contributed by atoms with Gasteiger partial charge in [-0.3, -0.25) is 4.79 Å². The first-order valence-corrected chi connectivity index (χ1v) is 9.54.